The highest BCUT2D eigenvalue weighted by molar-refractivity contribution is 6.34. The number of anilines is 1. The molecule has 0 saturated carbocycles. The summed E-state index contributed by atoms with van der Waals surface area (Å²) >= 11 is 12.2. The Labute approximate surface area is 175 Å². The number of rotatable bonds is 5. The smallest absolute Gasteiger partial charge is 0.255 e. The molecule has 1 aliphatic rings. The van der Waals surface area contributed by atoms with E-state index in [1.807, 2.05) is 17.0 Å². The summed E-state index contributed by atoms with van der Waals surface area (Å²) in [5, 5.41) is 3.76. The van der Waals surface area contributed by atoms with E-state index in [4.69, 9.17) is 23.2 Å². The number of hydrogen-bond donors (Lipinski definition) is 1. The topological polar surface area (TPSA) is 52.7 Å². The molecular formula is C21H23Cl2N3O2. The number of nitrogens with zero attached hydrogens (tertiary/aromatic N) is 2. The summed E-state index contributed by atoms with van der Waals surface area (Å²) in [6.45, 7) is 5.39. The number of benzene rings is 2. The molecule has 0 bridgehead atoms. The molecule has 1 heterocycles. The Kier molecular flexibility index (Phi) is 6.94. The zero-order valence-corrected chi connectivity index (χ0v) is 17.3. The molecule has 0 unspecified atom stereocenters. The van der Waals surface area contributed by atoms with E-state index in [9.17, 15) is 9.59 Å². The summed E-state index contributed by atoms with van der Waals surface area (Å²) in [5.74, 6) is -0.249. The second-order valence-electron chi connectivity index (χ2n) is 6.89. The van der Waals surface area contributed by atoms with Gasteiger partial charge in [-0.25, -0.2) is 0 Å². The Morgan fingerprint density at radius 2 is 1.68 bits per heavy atom. The Balaban J connectivity index is 1.52. The van der Waals surface area contributed by atoms with Crippen LogP contribution in [-0.4, -0.2) is 54.3 Å². The van der Waals surface area contributed by atoms with Gasteiger partial charge in [0.05, 0.1) is 10.6 Å². The van der Waals surface area contributed by atoms with Gasteiger partial charge in [0, 0.05) is 50.4 Å². The van der Waals surface area contributed by atoms with E-state index < -0.39 is 0 Å². The fraction of sp³-hybridized carbons (Fsp3) is 0.333. The van der Waals surface area contributed by atoms with E-state index in [0.29, 0.717) is 29.4 Å². The summed E-state index contributed by atoms with van der Waals surface area (Å²) in [7, 11) is 0. The Hall–Kier alpha value is -2.08. The first kappa shape index (κ1) is 20.6. The van der Waals surface area contributed by atoms with Crippen LogP contribution in [0.1, 0.15) is 22.8 Å². The maximum absolute atomic E-state index is 12.8. The van der Waals surface area contributed by atoms with Crippen molar-refractivity contribution in [2.75, 3.05) is 38.0 Å². The van der Waals surface area contributed by atoms with Gasteiger partial charge in [-0.2, -0.15) is 0 Å². The van der Waals surface area contributed by atoms with E-state index in [0.717, 1.165) is 31.1 Å². The summed E-state index contributed by atoms with van der Waals surface area (Å²) in [5.41, 5.74) is 2.31. The summed E-state index contributed by atoms with van der Waals surface area (Å²) < 4.78 is 0. The molecule has 2 amide bonds. The van der Waals surface area contributed by atoms with Crippen molar-refractivity contribution < 1.29 is 9.59 Å². The minimum Gasteiger partial charge on any atom is -0.336 e. The van der Waals surface area contributed by atoms with Gasteiger partial charge in [0.1, 0.15) is 0 Å². The van der Waals surface area contributed by atoms with Crippen LogP contribution in [0.2, 0.25) is 10.0 Å². The zero-order valence-electron chi connectivity index (χ0n) is 15.8. The molecule has 0 aromatic heterocycles. The molecule has 1 aliphatic heterocycles. The first-order valence-corrected chi connectivity index (χ1v) is 10.0. The lowest BCUT2D eigenvalue weighted by Crippen LogP contribution is -2.49. The Morgan fingerprint density at radius 1 is 1.00 bits per heavy atom. The third-order valence-corrected chi connectivity index (χ3v) is 5.37. The quantitative estimate of drug-likeness (QED) is 0.797. The van der Waals surface area contributed by atoms with E-state index in [1.54, 1.807) is 18.2 Å². The number of nitrogens with one attached hydrogen (secondary N) is 1. The highest BCUT2D eigenvalue weighted by atomic mass is 35.5. The van der Waals surface area contributed by atoms with Crippen molar-refractivity contribution in [3.63, 3.8) is 0 Å². The average molecular weight is 420 g/mol. The second-order valence-corrected chi connectivity index (χ2v) is 7.73. The summed E-state index contributed by atoms with van der Waals surface area (Å²) in [4.78, 5) is 28.1. The molecule has 28 heavy (non-hydrogen) atoms. The van der Waals surface area contributed by atoms with Crippen LogP contribution in [0.25, 0.3) is 0 Å². The largest absolute Gasteiger partial charge is 0.336 e. The van der Waals surface area contributed by atoms with E-state index in [2.05, 4.69) is 22.3 Å². The SMILES string of the molecule is CC(=O)Nc1ccc(C(=O)N2CCN(CCc3ccc(Cl)cc3)CC2)c(Cl)c1. The van der Waals surface area contributed by atoms with Crippen LogP contribution >= 0.6 is 23.2 Å². The number of carbonyl (C=O) groups is 2. The minimum absolute atomic E-state index is 0.0725. The van der Waals surface area contributed by atoms with Crippen molar-refractivity contribution in [2.45, 2.75) is 13.3 Å². The minimum atomic E-state index is -0.176. The summed E-state index contributed by atoms with van der Waals surface area (Å²) in [6, 6.07) is 12.9. The van der Waals surface area contributed by atoms with Crippen LogP contribution < -0.4 is 5.32 Å². The van der Waals surface area contributed by atoms with Gasteiger partial charge in [-0.15, -0.1) is 0 Å². The number of carbonyl (C=O) groups excluding carboxylic acids is 2. The van der Waals surface area contributed by atoms with Gasteiger partial charge < -0.3 is 10.2 Å². The Bertz CT molecular complexity index is 847. The highest BCUT2D eigenvalue weighted by Crippen LogP contribution is 2.23. The van der Waals surface area contributed by atoms with Gasteiger partial charge in [-0.3, -0.25) is 14.5 Å². The fourth-order valence-corrected chi connectivity index (χ4v) is 3.64. The molecule has 1 fully saturated rings. The highest BCUT2D eigenvalue weighted by Gasteiger charge is 2.23. The molecule has 7 heteroatoms. The lowest BCUT2D eigenvalue weighted by atomic mass is 10.1. The van der Waals surface area contributed by atoms with Crippen molar-refractivity contribution >= 4 is 40.7 Å². The number of hydrogen-bond acceptors (Lipinski definition) is 3. The normalized spacial score (nSPS) is 14.8. The molecule has 2 aromatic carbocycles. The molecule has 1 saturated heterocycles. The van der Waals surface area contributed by atoms with Gasteiger partial charge in [0.25, 0.3) is 5.91 Å². The molecule has 0 radical (unpaired) electrons. The van der Waals surface area contributed by atoms with Crippen LogP contribution in [0.5, 0.6) is 0 Å². The number of halogens is 2. The first-order valence-electron chi connectivity index (χ1n) is 9.25. The fourth-order valence-electron chi connectivity index (χ4n) is 3.25. The van der Waals surface area contributed by atoms with Gasteiger partial charge in [0.15, 0.2) is 0 Å². The van der Waals surface area contributed by atoms with Gasteiger partial charge >= 0.3 is 0 Å². The molecule has 5 nitrogen and oxygen atoms in total. The lowest BCUT2D eigenvalue weighted by Gasteiger charge is -2.35. The summed E-state index contributed by atoms with van der Waals surface area (Å²) in [6.07, 6.45) is 0.960. The van der Waals surface area contributed by atoms with Crippen LogP contribution in [-0.2, 0) is 11.2 Å². The molecule has 2 aromatic rings. The third kappa shape index (κ3) is 5.47. The Morgan fingerprint density at radius 3 is 2.29 bits per heavy atom. The monoisotopic (exact) mass is 419 g/mol. The maximum Gasteiger partial charge on any atom is 0.255 e. The van der Waals surface area contributed by atoms with Crippen molar-refractivity contribution in [3.8, 4) is 0 Å². The molecule has 0 aliphatic carbocycles. The van der Waals surface area contributed by atoms with E-state index in [1.165, 1.54) is 12.5 Å². The van der Waals surface area contributed by atoms with E-state index >= 15 is 0 Å². The van der Waals surface area contributed by atoms with Crippen LogP contribution in [0.4, 0.5) is 5.69 Å². The van der Waals surface area contributed by atoms with Crippen molar-refractivity contribution in [1.29, 1.82) is 0 Å². The second kappa shape index (κ2) is 9.41. The number of amides is 2. The standard InChI is InChI=1S/C21H23Cl2N3O2/c1-15(27)24-18-6-7-19(20(23)14-18)21(28)26-12-10-25(11-13-26)9-8-16-2-4-17(22)5-3-16/h2-7,14H,8-13H2,1H3,(H,24,27). The van der Waals surface area contributed by atoms with Gasteiger partial charge in [-0.1, -0.05) is 35.3 Å². The predicted octanol–water partition coefficient (Wildman–Crippen LogP) is 3.95. The maximum atomic E-state index is 12.8. The predicted molar refractivity (Wildman–Crippen MR) is 113 cm³/mol. The molecule has 0 atom stereocenters. The van der Waals surface area contributed by atoms with Crippen LogP contribution in [0, 0.1) is 0 Å². The van der Waals surface area contributed by atoms with Crippen molar-refractivity contribution in [2.24, 2.45) is 0 Å². The van der Waals surface area contributed by atoms with Crippen molar-refractivity contribution in [1.82, 2.24) is 9.80 Å². The molecule has 148 valence electrons. The lowest BCUT2D eigenvalue weighted by molar-refractivity contribution is -0.114. The molecule has 3 rings (SSSR count). The molecule has 0 spiro atoms. The van der Waals surface area contributed by atoms with Gasteiger partial charge in [-0.05, 0) is 42.3 Å². The van der Waals surface area contributed by atoms with E-state index in [-0.39, 0.29) is 11.8 Å². The van der Waals surface area contributed by atoms with Gasteiger partial charge in [0.2, 0.25) is 5.91 Å². The molecule has 1 N–H and O–H groups in total. The zero-order chi connectivity index (χ0) is 20.1. The van der Waals surface area contributed by atoms with Crippen LogP contribution in [0.15, 0.2) is 42.5 Å². The first-order chi connectivity index (χ1) is 13.4. The van der Waals surface area contributed by atoms with Crippen LogP contribution in [0.3, 0.4) is 0 Å². The molecular weight excluding hydrogens is 397 g/mol. The third-order valence-electron chi connectivity index (χ3n) is 4.81. The average Bonchev–Trinajstić information content (AvgIpc) is 2.67. The van der Waals surface area contributed by atoms with Crippen molar-refractivity contribution in [3.05, 3.63) is 63.6 Å². The number of piperazine rings is 1.